The Labute approximate surface area is 159 Å². The van der Waals surface area contributed by atoms with E-state index in [0.29, 0.717) is 18.1 Å². The zero-order chi connectivity index (χ0) is 18.6. The molecule has 0 radical (unpaired) electrons. The van der Waals surface area contributed by atoms with Gasteiger partial charge in [-0.15, -0.1) is 0 Å². The molecule has 1 aliphatic heterocycles. The molecule has 5 nitrogen and oxygen atoms in total. The van der Waals surface area contributed by atoms with Gasteiger partial charge in [0.15, 0.2) is 5.82 Å². The van der Waals surface area contributed by atoms with Gasteiger partial charge in [-0.05, 0) is 30.7 Å². The van der Waals surface area contributed by atoms with Gasteiger partial charge in [0.1, 0.15) is 5.82 Å². The van der Waals surface area contributed by atoms with Crippen LogP contribution in [0.3, 0.4) is 0 Å². The fourth-order valence-electron chi connectivity index (χ4n) is 5.17. The quantitative estimate of drug-likeness (QED) is 0.708. The first-order valence-corrected chi connectivity index (χ1v) is 9.59. The molecular formula is C22H24N4O. The number of aromatic nitrogens is 3. The van der Waals surface area contributed by atoms with Gasteiger partial charge >= 0.3 is 0 Å². The Balaban J connectivity index is 1.64. The third-order valence-corrected chi connectivity index (χ3v) is 6.29. The lowest BCUT2D eigenvalue weighted by Gasteiger charge is -2.58. The van der Waals surface area contributed by atoms with Gasteiger partial charge in [0.2, 0.25) is 0 Å². The van der Waals surface area contributed by atoms with Crippen LogP contribution in [-0.2, 0) is 4.74 Å². The number of fused-ring (bicyclic) bond motifs is 2. The highest BCUT2D eigenvalue weighted by molar-refractivity contribution is 5.91. The van der Waals surface area contributed by atoms with E-state index in [1.165, 1.54) is 0 Å². The summed E-state index contributed by atoms with van der Waals surface area (Å²) >= 11 is 0. The molecule has 3 atom stereocenters. The number of para-hydroxylation sites is 1. The molecule has 0 N–H and O–H groups in total. The fourth-order valence-corrected chi connectivity index (χ4v) is 5.17. The minimum atomic E-state index is 0.108. The van der Waals surface area contributed by atoms with E-state index in [-0.39, 0.29) is 5.41 Å². The number of hydrogen-bond donors (Lipinski definition) is 0. The van der Waals surface area contributed by atoms with Crippen molar-refractivity contribution in [3.8, 4) is 11.4 Å². The summed E-state index contributed by atoms with van der Waals surface area (Å²) in [4.78, 5) is 16.4. The lowest BCUT2D eigenvalue weighted by molar-refractivity contribution is -0.101. The predicted molar refractivity (Wildman–Crippen MR) is 107 cm³/mol. The third kappa shape index (κ3) is 2.45. The SMILES string of the molecule is CN(c1nc(-c2cccnc2)nc2ccccc12)C1C2CCOC2C1(C)C. The highest BCUT2D eigenvalue weighted by atomic mass is 16.5. The summed E-state index contributed by atoms with van der Waals surface area (Å²) in [5.74, 6) is 2.28. The predicted octanol–water partition coefficient (Wildman–Crippen LogP) is 3.94. The van der Waals surface area contributed by atoms with Crippen molar-refractivity contribution < 1.29 is 4.74 Å². The highest BCUT2D eigenvalue weighted by Gasteiger charge is 2.61. The standard InChI is InChI=1S/C22H24N4O/c1-22(2)18(16-10-12-27-19(16)22)26(3)21-15-8-4-5-9-17(15)24-20(25-21)14-7-6-11-23-13-14/h4-9,11,13,16,18-19H,10,12H2,1-3H3. The van der Waals surface area contributed by atoms with E-state index >= 15 is 0 Å². The van der Waals surface area contributed by atoms with Crippen LogP contribution in [0, 0.1) is 11.3 Å². The first kappa shape index (κ1) is 16.6. The number of rotatable bonds is 3. The van der Waals surface area contributed by atoms with Gasteiger partial charge in [0.05, 0.1) is 11.6 Å². The Morgan fingerprint density at radius 1 is 1.11 bits per heavy atom. The zero-order valence-electron chi connectivity index (χ0n) is 16.0. The molecule has 2 aliphatic rings. The van der Waals surface area contributed by atoms with Gasteiger partial charge < -0.3 is 9.64 Å². The number of benzene rings is 1. The number of anilines is 1. The van der Waals surface area contributed by atoms with Crippen molar-refractivity contribution in [1.82, 2.24) is 15.0 Å². The maximum atomic E-state index is 6.00. The average Bonchev–Trinajstić information content (AvgIpc) is 3.14. The fraction of sp³-hybridized carbons (Fsp3) is 0.409. The van der Waals surface area contributed by atoms with Gasteiger partial charge in [-0.25, -0.2) is 9.97 Å². The molecule has 1 saturated heterocycles. The Morgan fingerprint density at radius 2 is 1.96 bits per heavy atom. The molecule has 2 aromatic heterocycles. The Hall–Kier alpha value is -2.53. The van der Waals surface area contributed by atoms with Gasteiger partial charge in [-0.3, -0.25) is 4.98 Å². The maximum absolute atomic E-state index is 6.00. The summed E-state index contributed by atoms with van der Waals surface area (Å²) in [5, 5.41) is 1.09. The van der Waals surface area contributed by atoms with Crippen molar-refractivity contribution in [1.29, 1.82) is 0 Å². The van der Waals surface area contributed by atoms with Crippen molar-refractivity contribution in [2.24, 2.45) is 11.3 Å². The minimum Gasteiger partial charge on any atom is -0.377 e. The van der Waals surface area contributed by atoms with Crippen molar-refractivity contribution in [3.63, 3.8) is 0 Å². The molecule has 5 heteroatoms. The van der Waals surface area contributed by atoms with Gasteiger partial charge in [0.25, 0.3) is 0 Å². The van der Waals surface area contributed by atoms with Crippen LogP contribution < -0.4 is 4.90 Å². The molecule has 0 bridgehead atoms. The summed E-state index contributed by atoms with van der Waals surface area (Å²) in [6.45, 7) is 5.49. The molecule has 3 aromatic rings. The van der Waals surface area contributed by atoms with Crippen LogP contribution in [0.15, 0.2) is 48.8 Å². The lowest BCUT2D eigenvalue weighted by atomic mass is 9.57. The van der Waals surface area contributed by atoms with Crippen molar-refractivity contribution in [3.05, 3.63) is 48.8 Å². The summed E-state index contributed by atoms with van der Waals surface area (Å²) in [6.07, 6.45) is 5.08. The van der Waals surface area contributed by atoms with Crippen molar-refractivity contribution in [2.45, 2.75) is 32.4 Å². The number of nitrogens with zero attached hydrogens (tertiary/aromatic N) is 4. The first-order chi connectivity index (χ1) is 13.1. The van der Waals surface area contributed by atoms with Crippen LogP contribution in [0.1, 0.15) is 20.3 Å². The van der Waals surface area contributed by atoms with Crippen LogP contribution in [0.5, 0.6) is 0 Å². The number of pyridine rings is 1. The Kier molecular flexibility index (Phi) is 3.69. The Bertz CT molecular complexity index is 988. The van der Waals surface area contributed by atoms with E-state index in [1.807, 2.05) is 24.4 Å². The lowest BCUT2D eigenvalue weighted by Crippen LogP contribution is -2.66. The summed E-state index contributed by atoms with van der Waals surface area (Å²) in [7, 11) is 2.17. The van der Waals surface area contributed by atoms with E-state index in [0.717, 1.165) is 41.1 Å². The van der Waals surface area contributed by atoms with E-state index < -0.39 is 0 Å². The molecule has 27 heavy (non-hydrogen) atoms. The largest absolute Gasteiger partial charge is 0.377 e. The van der Waals surface area contributed by atoms with Gasteiger partial charge in [0, 0.05) is 54.4 Å². The maximum Gasteiger partial charge on any atom is 0.163 e. The number of ether oxygens (including phenoxy) is 1. The van der Waals surface area contributed by atoms with Crippen LogP contribution in [0.25, 0.3) is 22.3 Å². The molecule has 1 aliphatic carbocycles. The second kappa shape index (κ2) is 5.99. The monoisotopic (exact) mass is 360 g/mol. The van der Waals surface area contributed by atoms with Crippen LogP contribution in [0.4, 0.5) is 5.82 Å². The second-order valence-electron chi connectivity index (χ2n) is 8.25. The Morgan fingerprint density at radius 3 is 2.78 bits per heavy atom. The molecule has 1 saturated carbocycles. The zero-order valence-corrected chi connectivity index (χ0v) is 16.0. The number of hydrogen-bond acceptors (Lipinski definition) is 5. The van der Waals surface area contributed by atoms with E-state index in [1.54, 1.807) is 6.20 Å². The molecule has 138 valence electrons. The van der Waals surface area contributed by atoms with Gasteiger partial charge in [-0.1, -0.05) is 26.0 Å². The van der Waals surface area contributed by atoms with E-state index in [2.05, 4.69) is 49.0 Å². The van der Waals surface area contributed by atoms with E-state index in [4.69, 9.17) is 14.7 Å². The third-order valence-electron chi connectivity index (χ3n) is 6.29. The second-order valence-corrected chi connectivity index (χ2v) is 8.25. The highest BCUT2D eigenvalue weighted by Crippen LogP contribution is 2.55. The molecule has 0 amide bonds. The van der Waals surface area contributed by atoms with Gasteiger partial charge in [-0.2, -0.15) is 0 Å². The molecule has 0 spiro atoms. The summed E-state index contributed by atoms with van der Waals surface area (Å²) in [5.41, 5.74) is 2.01. The molecule has 3 heterocycles. The van der Waals surface area contributed by atoms with Crippen molar-refractivity contribution in [2.75, 3.05) is 18.6 Å². The van der Waals surface area contributed by atoms with Crippen LogP contribution in [-0.4, -0.2) is 40.8 Å². The molecule has 5 rings (SSSR count). The van der Waals surface area contributed by atoms with E-state index in [9.17, 15) is 0 Å². The molecule has 3 unspecified atom stereocenters. The molecule has 2 fully saturated rings. The topological polar surface area (TPSA) is 51.1 Å². The van der Waals surface area contributed by atoms with Crippen molar-refractivity contribution >= 4 is 16.7 Å². The molecular weight excluding hydrogens is 336 g/mol. The van der Waals surface area contributed by atoms with Crippen LogP contribution >= 0.6 is 0 Å². The normalized spacial score (nSPS) is 25.8. The van der Waals surface area contributed by atoms with Crippen LogP contribution in [0.2, 0.25) is 0 Å². The minimum absolute atomic E-state index is 0.108. The smallest absolute Gasteiger partial charge is 0.163 e. The average molecular weight is 360 g/mol. The first-order valence-electron chi connectivity index (χ1n) is 9.59. The summed E-state index contributed by atoms with van der Waals surface area (Å²) < 4.78 is 6.00. The molecule has 1 aromatic carbocycles. The summed E-state index contributed by atoms with van der Waals surface area (Å²) in [6, 6.07) is 12.6.